The molecule has 0 rings (SSSR count). The lowest BCUT2D eigenvalue weighted by molar-refractivity contribution is 0.655. The van der Waals surface area contributed by atoms with Gasteiger partial charge in [-0.3, -0.25) is 0 Å². The third-order valence-corrected chi connectivity index (χ3v) is 0.966. The van der Waals surface area contributed by atoms with Crippen LogP contribution in [0.15, 0.2) is 24.1 Å². The van der Waals surface area contributed by atoms with Crippen molar-refractivity contribution >= 4 is 11.6 Å². The normalized spacial score (nSPS) is 11.6. The molecule has 0 aliphatic carbocycles. The summed E-state index contributed by atoms with van der Waals surface area (Å²) < 4.78 is 12.0. The maximum absolute atomic E-state index is 12.0. The second kappa shape index (κ2) is 3.67. The molecule has 0 unspecified atom stereocenters. The molecular weight excluding hydrogens is 127 g/mol. The highest BCUT2D eigenvalue weighted by Crippen LogP contribution is 2.06. The number of allylic oxidation sites excluding steroid dienone is 3. The smallest absolute Gasteiger partial charge is 0.118 e. The van der Waals surface area contributed by atoms with Crippen LogP contribution in [-0.4, -0.2) is 5.88 Å². The average molecular weight is 135 g/mol. The van der Waals surface area contributed by atoms with Gasteiger partial charge in [-0.2, -0.15) is 0 Å². The number of alkyl halides is 1. The SMILES string of the molecule is C=C(F)/C(C)=C/CCl. The second-order valence-corrected chi connectivity index (χ2v) is 1.75. The zero-order valence-electron chi connectivity index (χ0n) is 4.75. The summed E-state index contributed by atoms with van der Waals surface area (Å²) >= 11 is 5.26. The third kappa shape index (κ3) is 2.80. The number of rotatable bonds is 2. The summed E-state index contributed by atoms with van der Waals surface area (Å²) in [6.07, 6.45) is 1.57. The summed E-state index contributed by atoms with van der Waals surface area (Å²) in [7, 11) is 0. The van der Waals surface area contributed by atoms with Crippen molar-refractivity contribution in [3.05, 3.63) is 24.1 Å². The molecule has 0 aromatic rings. The molecule has 0 radical (unpaired) electrons. The van der Waals surface area contributed by atoms with Crippen LogP contribution in [0, 0.1) is 0 Å². The summed E-state index contributed by atoms with van der Waals surface area (Å²) in [4.78, 5) is 0. The molecule has 0 spiro atoms. The molecule has 0 nitrogen and oxygen atoms in total. The van der Waals surface area contributed by atoms with Crippen molar-refractivity contribution in [2.75, 3.05) is 5.88 Å². The van der Waals surface area contributed by atoms with Gasteiger partial charge in [-0.05, 0) is 12.5 Å². The Morgan fingerprint density at radius 2 is 2.38 bits per heavy atom. The molecule has 0 fully saturated rings. The Morgan fingerprint density at radius 3 is 2.50 bits per heavy atom. The molecule has 46 valence electrons. The highest BCUT2D eigenvalue weighted by atomic mass is 35.5. The molecule has 0 saturated heterocycles. The minimum atomic E-state index is -0.411. The van der Waals surface area contributed by atoms with Crippen molar-refractivity contribution in [3.8, 4) is 0 Å². The van der Waals surface area contributed by atoms with Gasteiger partial charge in [0, 0.05) is 5.88 Å². The maximum atomic E-state index is 12.0. The first kappa shape index (κ1) is 7.70. The van der Waals surface area contributed by atoms with E-state index < -0.39 is 5.83 Å². The van der Waals surface area contributed by atoms with Crippen molar-refractivity contribution in [1.82, 2.24) is 0 Å². The van der Waals surface area contributed by atoms with Crippen LogP contribution >= 0.6 is 11.6 Å². The van der Waals surface area contributed by atoms with Crippen molar-refractivity contribution in [3.63, 3.8) is 0 Å². The first-order chi connectivity index (χ1) is 3.68. The lowest BCUT2D eigenvalue weighted by Crippen LogP contribution is -1.74. The zero-order chi connectivity index (χ0) is 6.57. The lowest BCUT2D eigenvalue weighted by atomic mass is 10.3. The van der Waals surface area contributed by atoms with Crippen LogP contribution in [0.3, 0.4) is 0 Å². The van der Waals surface area contributed by atoms with Gasteiger partial charge in [0.25, 0.3) is 0 Å². The van der Waals surface area contributed by atoms with Crippen LogP contribution in [0.4, 0.5) is 4.39 Å². The lowest BCUT2D eigenvalue weighted by Gasteiger charge is -1.89. The molecule has 0 amide bonds. The predicted octanol–water partition coefficient (Wildman–Crippen LogP) is 2.65. The number of hydrogen-bond donors (Lipinski definition) is 0. The van der Waals surface area contributed by atoms with Crippen molar-refractivity contribution in [2.24, 2.45) is 0 Å². The molecule has 0 N–H and O–H groups in total. The van der Waals surface area contributed by atoms with E-state index in [9.17, 15) is 4.39 Å². The molecule has 0 atom stereocenters. The molecule has 0 aliphatic rings. The van der Waals surface area contributed by atoms with E-state index in [0.717, 1.165) is 0 Å². The minimum Gasteiger partial charge on any atom is -0.207 e. The van der Waals surface area contributed by atoms with E-state index in [1.165, 1.54) is 0 Å². The van der Waals surface area contributed by atoms with Gasteiger partial charge in [0.15, 0.2) is 0 Å². The maximum Gasteiger partial charge on any atom is 0.118 e. The van der Waals surface area contributed by atoms with E-state index in [1.54, 1.807) is 13.0 Å². The summed E-state index contributed by atoms with van der Waals surface area (Å²) in [6.45, 7) is 4.71. The largest absolute Gasteiger partial charge is 0.207 e. The first-order valence-electron chi connectivity index (χ1n) is 2.26. The van der Waals surface area contributed by atoms with E-state index >= 15 is 0 Å². The van der Waals surface area contributed by atoms with E-state index in [1.807, 2.05) is 0 Å². The Morgan fingerprint density at radius 1 is 1.88 bits per heavy atom. The summed E-state index contributed by atoms with van der Waals surface area (Å²) in [5.74, 6) is -0.0694. The summed E-state index contributed by atoms with van der Waals surface area (Å²) in [5.41, 5.74) is 0.514. The number of hydrogen-bond acceptors (Lipinski definition) is 0. The Balaban J connectivity index is 3.80. The molecule has 0 aromatic heterocycles. The highest BCUT2D eigenvalue weighted by Gasteiger charge is 1.89. The fourth-order valence-electron chi connectivity index (χ4n) is 0.226. The Bertz CT molecular complexity index is 116. The van der Waals surface area contributed by atoms with Gasteiger partial charge in [-0.1, -0.05) is 12.7 Å². The fraction of sp³-hybridized carbons (Fsp3) is 0.333. The molecular formula is C6H8ClF. The van der Waals surface area contributed by atoms with Crippen LogP contribution in [0.5, 0.6) is 0 Å². The average Bonchev–Trinajstić information content (AvgIpc) is 1.67. The molecule has 2 heteroatoms. The van der Waals surface area contributed by atoms with Crippen molar-refractivity contribution in [2.45, 2.75) is 6.92 Å². The molecule has 8 heavy (non-hydrogen) atoms. The zero-order valence-corrected chi connectivity index (χ0v) is 5.50. The molecule has 0 saturated carbocycles. The van der Waals surface area contributed by atoms with E-state index in [0.29, 0.717) is 11.5 Å². The minimum absolute atomic E-state index is 0.342. The van der Waals surface area contributed by atoms with Gasteiger partial charge in [-0.25, -0.2) is 4.39 Å². The second-order valence-electron chi connectivity index (χ2n) is 1.45. The number of halogens is 2. The van der Waals surface area contributed by atoms with Crippen LogP contribution in [0.25, 0.3) is 0 Å². The molecule has 0 heterocycles. The Labute approximate surface area is 53.7 Å². The quantitative estimate of drug-likeness (QED) is 0.402. The summed E-state index contributed by atoms with van der Waals surface area (Å²) in [6, 6.07) is 0. The van der Waals surface area contributed by atoms with E-state index in [2.05, 4.69) is 6.58 Å². The fourth-order valence-corrected chi connectivity index (χ4v) is 0.458. The molecule has 0 aromatic carbocycles. The monoisotopic (exact) mass is 134 g/mol. The topological polar surface area (TPSA) is 0 Å². The predicted molar refractivity (Wildman–Crippen MR) is 34.7 cm³/mol. The first-order valence-corrected chi connectivity index (χ1v) is 2.79. The molecule has 0 bridgehead atoms. The Kier molecular flexibility index (Phi) is 3.53. The van der Waals surface area contributed by atoms with Crippen LogP contribution in [-0.2, 0) is 0 Å². The summed E-state index contributed by atoms with van der Waals surface area (Å²) in [5, 5.41) is 0. The van der Waals surface area contributed by atoms with Gasteiger partial charge in [0.2, 0.25) is 0 Å². The standard InChI is InChI=1S/C6H8ClF/c1-5(3-4-7)6(2)8/h3H,2,4H2,1H3/b5-3+. The van der Waals surface area contributed by atoms with Gasteiger partial charge < -0.3 is 0 Å². The van der Waals surface area contributed by atoms with E-state index in [4.69, 9.17) is 11.6 Å². The van der Waals surface area contributed by atoms with Crippen molar-refractivity contribution in [1.29, 1.82) is 0 Å². The molecule has 0 aliphatic heterocycles. The van der Waals surface area contributed by atoms with E-state index in [-0.39, 0.29) is 0 Å². The van der Waals surface area contributed by atoms with Crippen LogP contribution < -0.4 is 0 Å². The van der Waals surface area contributed by atoms with Crippen LogP contribution in [0.1, 0.15) is 6.92 Å². The highest BCUT2D eigenvalue weighted by molar-refractivity contribution is 6.18. The van der Waals surface area contributed by atoms with Gasteiger partial charge in [-0.15, -0.1) is 11.6 Å². The Hall–Kier alpha value is -0.300. The van der Waals surface area contributed by atoms with Gasteiger partial charge in [0.05, 0.1) is 0 Å². The third-order valence-electron chi connectivity index (χ3n) is 0.811. The van der Waals surface area contributed by atoms with Gasteiger partial charge in [0.1, 0.15) is 5.83 Å². The van der Waals surface area contributed by atoms with Crippen LogP contribution in [0.2, 0.25) is 0 Å². The van der Waals surface area contributed by atoms with Gasteiger partial charge >= 0.3 is 0 Å². The van der Waals surface area contributed by atoms with Crippen molar-refractivity contribution < 1.29 is 4.39 Å².